The van der Waals surface area contributed by atoms with Crippen LogP contribution in [0.2, 0.25) is 5.02 Å². The molecular weight excluding hydrogens is 316 g/mol. The van der Waals surface area contributed by atoms with Crippen LogP contribution in [0.3, 0.4) is 0 Å². The van der Waals surface area contributed by atoms with Crippen molar-refractivity contribution >= 4 is 23.0 Å². The molecule has 0 bridgehead atoms. The van der Waals surface area contributed by atoms with Gasteiger partial charge in [0.2, 0.25) is 0 Å². The fraction of sp³-hybridized carbons (Fsp3) is 0.143. The summed E-state index contributed by atoms with van der Waals surface area (Å²) in [5.41, 5.74) is 4.77. The predicted molar refractivity (Wildman–Crippen MR) is 106 cm³/mol. The van der Waals surface area contributed by atoms with Gasteiger partial charge in [0.25, 0.3) is 0 Å². The van der Waals surface area contributed by atoms with Gasteiger partial charge in [-0.2, -0.15) is 0 Å². The number of para-hydroxylation sites is 2. The lowest BCUT2D eigenvalue weighted by Crippen LogP contribution is -2.00. The lowest BCUT2D eigenvalue weighted by molar-refractivity contribution is 1.14. The molecule has 124 valence electrons. The predicted octanol–water partition coefficient (Wildman–Crippen LogP) is 5.99. The molecule has 0 amide bonds. The molecule has 0 saturated heterocycles. The lowest BCUT2D eigenvalue weighted by atomic mass is 10.2. The van der Waals surface area contributed by atoms with Gasteiger partial charge in [0.1, 0.15) is 0 Å². The third kappa shape index (κ3) is 5.64. The average Bonchev–Trinajstić information content (AvgIpc) is 2.63. The zero-order chi connectivity index (χ0) is 17.2. The van der Waals surface area contributed by atoms with Crippen molar-refractivity contribution in [2.75, 3.05) is 17.7 Å². The number of halogens is 1. The number of benzene rings is 3. The first-order chi connectivity index (χ1) is 11.7. The number of hydrogen-bond donors (Lipinski definition) is 2. The van der Waals surface area contributed by atoms with Crippen LogP contribution in [0.4, 0.5) is 11.4 Å². The molecule has 0 atom stereocenters. The molecule has 2 N–H and O–H groups in total. The van der Waals surface area contributed by atoms with E-state index in [1.165, 1.54) is 16.8 Å². The molecule has 0 radical (unpaired) electrons. The fourth-order valence-corrected chi connectivity index (χ4v) is 2.46. The van der Waals surface area contributed by atoms with Crippen molar-refractivity contribution in [2.45, 2.75) is 13.5 Å². The normalized spacial score (nSPS) is 9.62. The summed E-state index contributed by atoms with van der Waals surface area (Å²) in [6.45, 7) is 3.00. The van der Waals surface area contributed by atoms with E-state index in [1.54, 1.807) is 0 Å². The summed E-state index contributed by atoms with van der Waals surface area (Å²) in [4.78, 5) is 0. The van der Waals surface area contributed by atoms with Crippen LogP contribution < -0.4 is 10.6 Å². The Hall–Kier alpha value is -2.45. The second-order valence-corrected chi connectivity index (χ2v) is 5.79. The molecule has 0 saturated carbocycles. The Labute approximate surface area is 149 Å². The first kappa shape index (κ1) is 17.9. The highest BCUT2D eigenvalue weighted by atomic mass is 35.5. The van der Waals surface area contributed by atoms with E-state index in [0.29, 0.717) is 0 Å². The summed E-state index contributed by atoms with van der Waals surface area (Å²) in [6, 6.07) is 26.4. The van der Waals surface area contributed by atoms with Crippen LogP contribution in [0.15, 0.2) is 78.9 Å². The standard InChI is InChI=1S/C14H15N.C7H8ClN/c1-12-7-5-6-10-14(12)15-11-13-8-3-2-4-9-13;1-9-7-5-3-2-4-6(7)8/h2-10,15H,11H2,1H3;2-5,9H,1H3. The zero-order valence-corrected chi connectivity index (χ0v) is 14.8. The molecule has 0 aromatic heterocycles. The maximum atomic E-state index is 5.76. The van der Waals surface area contributed by atoms with Crippen LogP contribution >= 0.6 is 11.6 Å². The van der Waals surface area contributed by atoms with Gasteiger partial charge >= 0.3 is 0 Å². The highest BCUT2D eigenvalue weighted by molar-refractivity contribution is 6.33. The van der Waals surface area contributed by atoms with Crippen LogP contribution in [0.1, 0.15) is 11.1 Å². The van der Waals surface area contributed by atoms with E-state index in [-0.39, 0.29) is 0 Å². The first-order valence-corrected chi connectivity index (χ1v) is 8.34. The summed E-state index contributed by atoms with van der Waals surface area (Å²) in [5, 5.41) is 7.16. The van der Waals surface area contributed by atoms with Gasteiger partial charge < -0.3 is 10.6 Å². The van der Waals surface area contributed by atoms with Gasteiger partial charge in [-0.3, -0.25) is 0 Å². The van der Waals surface area contributed by atoms with Gasteiger partial charge in [-0.15, -0.1) is 0 Å². The van der Waals surface area contributed by atoms with Gasteiger partial charge in [0, 0.05) is 19.3 Å². The van der Waals surface area contributed by atoms with Gasteiger partial charge in [0.15, 0.2) is 0 Å². The zero-order valence-electron chi connectivity index (χ0n) is 14.1. The minimum absolute atomic E-state index is 0.764. The highest BCUT2D eigenvalue weighted by Gasteiger charge is 1.95. The Balaban J connectivity index is 0.000000198. The van der Waals surface area contributed by atoms with Crippen molar-refractivity contribution in [1.29, 1.82) is 0 Å². The summed E-state index contributed by atoms with van der Waals surface area (Å²) in [7, 11) is 1.85. The molecule has 0 unspecified atom stereocenters. The molecule has 24 heavy (non-hydrogen) atoms. The summed E-state index contributed by atoms with van der Waals surface area (Å²) in [6.07, 6.45) is 0. The Kier molecular flexibility index (Phi) is 7.19. The van der Waals surface area contributed by atoms with Crippen LogP contribution in [-0.4, -0.2) is 7.05 Å². The minimum atomic E-state index is 0.764. The Bertz CT molecular complexity index is 742. The summed E-state index contributed by atoms with van der Waals surface area (Å²) in [5.74, 6) is 0. The van der Waals surface area contributed by atoms with Crippen molar-refractivity contribution in [3.05, 3.63) is 95.0 Å². The summed E-state index contributed by atoms with van der Waals surface area (Å²) >= 11 is 5.76. The molecule has 0 aliphatic heterocycles. The number of hydrogen-bond acceptors (Lipinski definition) is 2. The largest absolute Gasteiger partial charge is 0.387 e. The van der Waals surface area contributed by atoms with Gasteiger partial charge in [-0.05, 0) is 36.2 Å². The van der Waals surface area contributed by atoms with E-state index >= 15 is 0 Å². The van der Waals surface area contributed by atoms with Crippen LogP contribution in [-0.2, 0) is 6.54 Å². The summed E-state index contributed by atoms with van der Waals surface area (Å²) < 4.78 is 0. The van der Waals surface area contributed by atoms with Crippen LogP contribution in [0.25, 0.3) is 0 Å². The van der Waals surface area contributed by atoms with E-state index in [9.17, 15) is 0 Å². The number of nitrogens with one attached hydrogen (secondary N) is 2. The Morgan fingerprint density at radius 1 is 0.750 bits per heavy atom. The van der Waals surface area contributed by atoms with Crippen molar-refractivity contribution in [2.24, 2.45) is 0 Å². The smallest absolute Gasteiger partial charge is 0.0637 e. The molecule has 3 rings (SSSR count). The van der Waals surface area contributed by atoms with Gasteiger partial charge in [-0.1, -0.05) is 72.3 Å². The maximum Gasteiger partial charge on any atom is 0.0637 e. The van der Waals surface area contributed by atoms with Crippen molar-refractivity contribution < 1.29 is 0 Å². The Morgan fingerprint density at radius 3 is 1.92 bits per heavy atom. The monoisotopic (exact) mass is 338 g/mol. The fourth-order valence-electron chi connectivity index (χ4n) is 2.23. The van der Waals surface area contributed by atoms with Gasteiger partial charge in [-0.25, -0.2) is 0 Å². The molecule has 0 aliphatic carbocycles. The van der Waals surface area contributed by atoms with Crippen molar-refractivity contribution in [3.8, 4) is 0 Å². The molecule has 0 fully saturated rings. The minimum Gasteiger partial charge on any atom is -0.387 e. The third-order valence-electron chi connectivity index (χ3n) is 3.61. The average molecular weight is 339 g/mol. The molecule has 3 aromatic rings. The Morgan fingerprint density at radius 2 is 1.33 bits per heavy atom. The van der Waals surface area contributed by atoms with E-state index in [4.69, 9.17) is 11.6 Å². The van der Waals surface area contributed by atoms with E-state index in [2.05, 4.69) is 66.1 Å². The second-order valence-electron chi connectivity index (χ2n) is 5.38. The molecule has 3 aromatic carbocycles. The maximum absolute atomic E-state index is 5.76. The first-order valence-electron chi connectivity index (χ1n) is 7.96. The molecular formula is C21H23ClN2. The van der Waals surface area contributed by atoms with E-state index in [1.807, 2.05) is 37.4 Å². The molecule has 0 aliphatic rings. The molecule has 0 heterocycles. The number of rotatable bonds is 4. The number of anilines is 2. The van der Waals surface area contributed by atoms with Crippen LogP contribution in [0, 0.1) is 6.92 Å². The van der Waals surface area contributed by atoms with Crippen molar-refractivity contribution in [1.82, 2.24) is 0 Å². The van der Waals surface area contributed by atoms with E-state index < -0.39 is 0 Å². The van der Waals surface area contributed by atoms with Crippen molar-refractivity contribution in [3.63, 3.8) is 0 Å². The SMILES string of the molecule is CNc1ccccc1Cl.Cc1ccccc1NCc1ccccc1. The topological polar surface area (TPSA) is 24.1 Å². The molecule has 2 nitrogen and oxygen atoms in total. The molecule has 0 spiro atoms. The third-order valence-corrected chi connectivity index (χ3v) is 3.94. The second kappa shape index (κ2) is 9.64. The lowest BCUT2D eigenvalue weighted by Gasteiger charge is -2.08. The molecule has 3 heteroatoms. The quantitative estimate of drug-likeness (QED) is 0.610. The van der Waals surface area contributed by atoms with Gasteiger partial charge in [0.05, 0.1) is 10.7 Å². The highest BCUT2D eigenvalue weighted by Crippen LogP contribution is 2.19. The van der Waals surface area contributed by atoms with Crippen LogP contribution in [0.5, 0.6) is 0 Å². The van der Waals surface area contributed by atoms with E-state index in [0.717, 1.165) is 17.3 Å². The number of aryl methyl sites for hydroxylation is 1.